The zero-order valence-electron chi connectivity index (χ0n) is 11.4. The fourth-order valence-corrected chi connectivity index (χ4v) is 2.35. The lowest BCUT2D eigenvalue weighted by Gasteiger charge is -2.49. The minimum atomic E-state index is -0.135. The zero-order valence-corrected chi connectivity index (χ0v) is 11.4. The molecule has 2 heteroatoms. The summed E-state index contributed by atoms with van der Waals surface area (Å²) in [6.07, 6.45) is 4.10. The van der Waals surface area contributed by atoms with Crippen LogP contribution in [0.1, 0.15) is 61.3 Å². The van der Waals surface area contributed by atoms with E-state index in [4.69, 9.17) is 0 Å². The molecule has 0 aromatic rings. The van der Waals surface area contributed by atoms with Gasteiger partial charge in [-0.15, -0.1) is 0 Å². The van der Waals surface area contributed by atoms with Crippen LogP contribution in [0.3, 0.4) is 0 Å². The van der Waals surface area contributed by atoms with Crippen LogP contribution in [0.2, 0.25) is 0 Å². The summed E-state index contributed by atoms with van der Waals surface area (Å²) in [5, 5.41) is 11.5. The molecule has 0 amide bonds. The van der Waals surface area contributed by atoms with Gasteiger partial charge < -0.3 is 5.21 Å². The van der Waals surface area contributed by atoms with Gasteiger partial charge in [0, 0.05) is 11.1 Å². The topological polar surface area (TPSA) is 23.5 Å². The van der Waals surface area contributed by atoms with E-state index in [0.29, 0.717) is 0 Å². The normalized spacial score (nSPS) is 24.1. The Kier molecular flexibility index (Phi) is 5.01. The predicted octanol–water partition coefficient (Wildman–Crippen LogP) is 4.00. The molecule has 0 radical (unpaired) electrons. The summed E-state index contributed by atoms with van der Waals surface area (Å²) in [5.41, 5.74) is 1.17. The summed E-state index contributed by atoms with van der Waals surface area (Å²) in [4.78, 5) is 0. The van der Waals surface area contributed by atoms with E-state index in [1.807, 2.05) is 13.8 Å². The van der Waals surface area contributed by atoms with Gasteiger partial charge in [0.15, 0.2) is 0 Å². The van der Waals surface area contributed by atoms with Crippen LogP contribution in [0.5, 0.6) is 0 Å². The van der Waals surface area contributed by atoms with Crippen LogP contribution >= 0.6 is 0 Å². The Morgan fingerprint density at radius 1 is 1.07 bits per heavy atom. The summed E-state index contributed by atoms with van der Waals surface area (Å²) >= 11 is 0. The highest BCUT2D eigenvalue weighted by molar-refractivity contribution is 5.15. The van der Waals surface area contributed by atoms with Crippen LogP contribution in [0.4, 0.5) is 0 Å². The van der Waals surface area contributed by atoms with Crippen molar-refractivity contribution in [2.24, 2.45) is 0 Å². The largest absolute Gasteiger partial charge is 0.313 e. The van der Waals surface area contributed by atoms with Gasteiger partial charge in [-0.1, -0.05) is 25.5 Å². The first-order valence-corrected chi connectivity index (χ1v) is 5.93. The first-order chi connectivity index (χ1) is 6.79. The van der Waals surface area contributed by atoms with E-state index in [2.05, 4.69) is 40.7 Å². The predicted molar refractivity (Wildman–Crippen MR) is 66.1 cm³/mol. The smallest absolute Gasteiger partial charge is 0.0447 e. The summed E-state index contributed by atoms with van der Waals surface area (Å²) in [5.74, 6) is 0. The van der Waals surface area contributed by atoms with Gasteiger partial charge in [-0.25, -0.2) is 0 Å². The van der Waals surface area contributed by atoms with Crippen LogP contribution in [-0.2, 0) is 0 Å². The van der Waals surface area contributed by atoms with Crippen molar-refractivity contribution >= 4 is 0 Å². The molecular weight excluding hydrogens is 186 g/mol. The molecule has 0 saturated carbocycles. The third-order valence-corrected chi connectivity index (χ3v) is 2.87. The Balaban J connectivity index is 0.000000921. The molecule has 0 atom stereocenters. The van der Waals surface area contributed by atoms with Crippen molar-refractivity contribution < 1.29 is 5.21 Å². The average Bonchev–Trinajstić information content (AvgIpc) is 2.16. The molecule has 2 nitrogen and oxygen atoms in total. The summed E-state index contributed by atoms with van der Waals surface area (Å²) in [7, 11) is 0. The van der Waals surface area contributed by atoms with Gasteiger partial charge >= 0.3 is 0 Å². The molecule has 1 rings (SSSR count). The minimum Gasteiger partial charge on any atom is -0.313 e. The first kappa shape index (κ1) is 14.7. The van der Waals surface area contributed by atoms with Crippen molar-refractivity contribution in [3.05, 3.63) is 11.6 Å². The Morgan fingerprint density at radius 3 is 1.67 bits per heavy atom. The summed E-state index contributed by atoms with van der Waals surface area (Å²) in [6, 6.07) is 0. The van der Waals surface area contributed by atoms with E-state index in [9.17, 15) is 5.21 Å². The van der Waals surface area contributed by atoms with Crippen LogP contribution < -0.4 is 0 Å². The molecule has 0 aromatic carbocycles. The van der Waals surface area contributed by atoms with Crippen molar-refractivity contribution in [2.75, 3.05) is 0 Å². The molecule has 1 fully saturated rings. The lowest BCUT2D eigenvalue weighted by molar-refractivity contribution is -0.232. The molecule has 0 spiro atoms. The highest BCUT2D eigenvalue weighted by Crippen LogP contribution is 2.39. The van der Waals surface area contributed by atoms with E-state index in [1.54, 1.807) is 0 Å². The van der Waals surface area contributed by atoms with E-state index in [0.717, 1.165) is 12.8 Å². The van der Waals surface area contributed by atoms with E-state index in [-0.39, 0.29) is 11.1 Å². The van der Waals surface area contributed by atoms with Crippen LogP contribution in [0.25, 0.3) is 0 Å². The second kappa shape index (κ2) is 5.13. The maximum Gasteiger partial charge on any atom is 0.0447 e. The Bertz CT molecular complexity index is 209. The van der Waals surface area contributed by atoms with Crippen LogP contribution in [-0.4, -0.2) is 21.3 Å². The van der Waals surface area contributed by atoms with Gasteiger partial charge in [-0.2, -0.15) is 5.06 Å². The van der Waals surface area contributed by atoms with Gasteiger partial charge in [0.2, 0.25) is 0 Å². The number of hydroxylamine groups is 2. The number of nitrogens with zero attached hydrogens (tertiary/aromatic N) is 1. The fourth-order valence-electron chi connectivity index (χ4n) is 2.35. The number of rotatable bonds is 0. The third kappa shape index (κ3) is 3.32. The van der Waals surface area contributed by atoms with Gasteiger partial charge in [0.1, 0.15) is 0 Å². The lowest BCUT2D eigenvalue weighted by Crippen LogP contribution is -2.57. The van der Waals surface area contributed by atoms with Gasteiger partial charge in [-0.3, -0.25) is 0 Å². The number of allylic oxidation sites excluding steroid dienone is 1. The SMILES string of the molecule is CC.CC=C1CC(C)(C)N(O)C(C)(C)C1. The fraction of sp³-hybridized carbons (Fsp3) is 0.846. The molecule has 0 aromatic heterocycles. The molecular formula is C13H27NO. The number of hydrogen-bond donors (Lipinski definition) is 1. The summed E-state index contributed by atoms with van der Waals surface area (Å²) in [6.45, 7) is 14.4. The van der Waals surface area contributed by atoms with Crippen molar-refractivity contribution in [3.63, 3.8) is 0 Å². The third-order valence-electron chi connectivity index (χ3n) is 2.87. The molecule has 1 heterocycles. The van der Waals surface area contributed by atoms with Gasteiger partial charge in [-0.05, 0) is 47.5 Å². The summed E-state index contributed by atoms with van der Waals surface area (Å²) < 4.78 is 0. The maximum absolute atomic E-state index is 9.98. The molecule has 15 heavy (non-hydrogen) atoms. The molecule has 1 aliphatic rings. The standard InChI is InChI=1S/C11H21NO.C2H6/c1-6-9-7-10(2,3)12(13)11(4,5)8-9;1-2/h6,13H,7-8H2,1-5H3;1-2H3. The zero-order chi connectivity index (χ0) is 12.3. The van der Waals surface area contributed by atoms with Crippen molar-refractivity contribution in [1.82, 2.24) is 5.06 Å². The molecule has 0 aliphatic carbocycles. The van der Waals surface area contributed by atoms with Crippen molar-refractivity contribution in [2.45, 2.75) is 72.4 Å². The highest BCUT2D eigenvalue weighted by atomic mass is 16.5. The van der Waals surface area contributed by atoms with E-state index in [1.165, 1.54) is 10.6 Å². The molecule has 0 unspecified atom stereocenters. The van der Waals surface area contributed by atoms with Crippen LogP contribution in [0.15, 0.2) is 11.6 Å². The molecule has 1 N–H and O–H groups in total. The second-order valence-electron chi connectivity index (χ2n) is 5.24. The molecule has 90 valence electrons. The van der Waals surface area contributed by atoms with Crippen LogP contribution in [0, 0.1) is 0 Å². The van der Waals surface area contributed by atoms with E-state index >= 15 is 0 Å². The quantitative estimate of drug-likeness (QED) is 0.615. The number of hydrogen-bond acceptors (Lipinski definition) is 2. The average molecular weight is 213 g/mol. The van der Waals surface area contributed by atoms with Crippen molar-refractivity contribution in [3.8, 4) is 0 Å². The molecule has 1 aliphatic heterocycles. The molecule has 0 bridgehead atoms. The number of piperidine rings is 1. The monoisotopic (exact) mass is 213 g/mol. The Hall–Kier alpha value is -0.340. The van der Waals surface area contributed by atoms with Gasteiger partial charge in [0.05, 0.1) is 0 Å². The Morgan fingerprint density at radius 2 is 1.40 bits per heavy atom. The lowest BCUT2D eigenvalue weighted by atomic mass is 9.79. The first-order valence-electron chi connectivity index (χ1n) is 5.93. The van der Waals surface area contributed by atoms with Gasteiger partial charge in [0.25, 0.3) is 0 Å². The Labute approximate surface area is 94.9 Å². The highest BCUT2D eigenvalue weighted by Gasteiger charge is 2.42. The second-order valence-corrected chi connectivity index (χ2v) is 5.24. The maximum atomic E-state index is 9.98. The minimum absolute atomic E-state index is 0.135. The molecule has 1 saturated heterocycles. The van der Waals surface area contributed by atoms with E-state index < -0.39 is 0 Å². The van der Waals surface area contributed by atoms with Crippen molar-refractivity contribution in [1.29, 1.82) is 0 Å².